The summed E-state index contributed by atoms with van der Waals surface area (Å²) < 4.78 is 5.74. The van der Waals surface area contributed by atoms with Gasteiger partial charge in [0, 0.05) is 25.0 Å². The van der Waals surface area contributed by atoms with Crippen LogP contribution in [0.3, 0.4) is 0 Å². The molecule has 5 nitrogen and oxygen atoms in total. The largest absolute Gasteiger partial charge is 0.493 e. The molecule has 0 spiro atoms. The fraction of sp³-hybridized carbons (Fsp3) is 0.632. The molecular weight excluding hydrogens is 302 g/mol. The zero-order valence-electron chi connectivity index (χ0n) is 14.5. The summed E-state index contributed by atoms with van der Waals surface area (Å²) in [5.74, 6) is 2.31. The van der Waals surface area contributed by atoms with Gasteiger partial charge in [-0.25, -0.2) is 0 Å². The van der Waals surface area contributed by atoms with Crippen LogP contribution in [0.4, 0.5) is 0 Å². The third kappa shape index (κ3) is 4.41. The van der Waals surface area contributed by atoms with Crippen molar-refractivity contribution in [3.8, 4) is 5.75 Å². The van der Waals surface area contributed by atoms with E-state index in [0.29, 0.717) is 12.0 Å². The maximum Gasteiger partial charge on any atom is 0.191 e. The zero-order chi connectivity index (χ0) is 16.8. The van der Waals surface area contributed by atoms with Gasteiger partial charge in [-0.3, -0.25) is 4.99 Å². The predicted molar refractivity (Wildman–Crippen MR) is 96.7 cm³/mol. The minimum Gasteiger partial charge on any atom is -0.493 e. The molecule has 0 aromatic heterocycles. The monoisotopic (exact) mass is 331 g/mol. The van der Waals surface area contributed by atoms with Crippen LogP contribution >= 0.6 is 0 Å². The van der Waals surface area contributed by atoms with Crippen LogP contribution in [0.1, 0.15) is 50.5 Å². The Kier molecular flexibility index (Phi) is 5.96. The molecule has 0 bridgehead atoms. The third-order valence-electron chi connectivity index (χ3n) is 4.93. The molecule has 1 aromatic carbocycles. The number of aliphatic hydroxyl groups is 1. The van der Waals surface area contributed by atoms with Gasteiger partial charge in [0.2, 0.25) is 0 Å². The SMILES string of the molecule is CCNC(=NCC1CCOc2ccccc21)NC1CCC(O)CC1. The van der Waals surface area contributed by atoms with Crippen molar-refractivity contribution in [3.63, 3.8) is 0 Å². The second kappa shape index (κ2) is 8.38. The van der Waals surface area contributed by atoms with Crippen LogP contribution in [0.2, 0.25) is 0 Å². The van der Waals surface area contributed by atoms with Gasteiger partial charge in [-0.15, -0.1) is 0 Å². The van der Waals surface area contributed by atoms with Gasteiger partial charge >= 0.3 is 0 Å². The Morgan fingerprint density at radius 1 is 1.21 bits per heavy atom. The van der Waals surface area contributed by atoms with Crippen molar-refractivity contribution in [2.24, 2.45) is 4.99 Å². The average Bonchev–Trinajstić information content (AvgIpc) is 2.62. The van der Waals surface area contributed by atoms with Gasteiger partial charge in [0.1, 0.15) is 5.75 Å². The van der Waals surface area contributed by atoms with E-state index in [0.717, 1.165) is 63.5 Å². The van der Waals surface area contributed by atoms with Crippen molar-refractivity contribution in [1.82, 2.24) is 10.6 Å². The van der Waals surface area contributed by atoms with Crippen molar-refractivity contribution < 1.29 is 9.84 Å². The highest BCUT2D eigenvalue weighted by atomic mass is 16.5. The van der Waals surface area contributed by atoms with Gasteiger partial charge in [0.05, 0.1) is 12.7 Å². The summed E-state index contributed by atoms with van der Waals surface area (Å²) in [6.07, 6.45) is 4.66. The van der Waals surface area contributed by atoms with Gasteiger partial charge in [-0.1, -0.05) is 18.2 Å². The highest BCUT2D eigenvalue weighted by Gasteiger charge is 2.22. The fourth-order valence-corrected chi connectivity index (χ4v) is 3.54. The van der Waals surface area contributed by atoms with E-state index in [1.54, 1.807) is 0 Å². The average molecular weight is 331 g/mol. The third-order valence-corrected chi connectivity index (χ3v) is 4.93. The first-order chi connectivity index (χ1) is 11.8. The van der Waals surface area contributed by atoms with Gasteiger partial charge in [-0.2, -0.15) is 0 Å². The molecule has 0 radical (unpaired) electrons. The Hall–Kier alpha value is -1.75. The number of hydrogen-bond donors (Lipinski definition) is 3. The summed E-state index contributed by atoms with van der Waals surface area (Å²) in [5.41, 5.74) is 1.27. The fourth-order valence-electron chi connectivity index (χ4n) is 3.54. The summed E-state index contributed by atoms with van der Waals surface area (Å²) in [6, 6.07) is 8.70. The Morgan fingerprint density at radius 2 is 2.00 bits per heavy atom. The van der Waals surface area contributed by atoms with Crippen molar-refractivity contribution in [2.75, 3.05) is 19.7 Å². The van der Waals surface area contributed by atoms with Crippen molar-refractivity contribution in [2.45, 2.75) is 57.1 Å². The van der Waals surface area contributed by atoms with Gasteiger partial charge in [0.25, 0.3) is 0 Å². The molecule has 1 unspecified atom stereocenters. The van der Waals surface area contributed by atoms with Gasteiger partial charge < -0.3 is 20.5 Å². The van der Waals surface area contributed by atoms with E-state index in [2.05, 4.69) is 29.7 Å². The minimum absolute atomic E-state index is 0.124. The second-order valence-electron chi connectivity index (χ2n) is 6.74. The van der Waals surface area contributed by atoms with Crippen molar-refractivity contribution in [1.29, 1.82) is 0 Å². The van der Waals surface area contributed by atoms with Crippen LogP contribution in [-0.2, 0) is 0 Å². The summed E-state index contributed by atoms with van der Waals surface area (Å²) in [4.78, 5) is 4.83. The first kappa shape index (κ1) is 17.1. The van der Waals surface area contributed by atoms with E-state index >= 15 is 0 Å². The normalized spacial score (nSPS) is 27.1. The van der Waals surface area contributed by atoms with Crippen LogP contribution in [0.5, 0.6) is 5.75 Å². The zero-order valence-corrected chi connectivity index (χ0v) is 14.5. The van der Waals surface area contributed by atoms with Crippen molar-refractivity contribution >= 4 is 5.96 Å². The number of para-hydroxylation sites is 1. The molecule has 1 fully saturated rings. The first-order valence-corrected chi connectivity index (χ1v) is 9.21. The number of guanidine groups is 1. The molecule has 3 rings (SSSR count). The van der Waals surface area contributed by atoms with Crippen molar-refractivity contribution in [3.05, 3.63) is 29.8 Å². The number of rotatable bonds is 4. The molecule has 0 amide bonds. The molecule has 1 saturated carbocycles. The molecule has 5 heteroatoms. The Balaban J connectivity index is 1.62. The smallest absolute Gasteiger partial charge is 0.191 e. The first-order valence-electron chi connectivity index (χ1n) is 9.21. The molecule has 1 heterocycles. The Labute approximate surface area is 144 Å². The van der Waals surface area contributed by atoms with E-state index in [-0.39, 0.29) is 6.10 Å². The molecule has 0 saturated heterocycles. The van der Waals surface area contributed by atoms with Crippen LogP contribution in [0.25, 0.3) is 0 Å². The molecule has 3 N–H and O–H groups in total. The maximum absolute atomic E-state index is 9.65. The molecule has 1 aliphatic heterocycles. The highest BCUT2D eigenvalue weighted by Crippen LogP contribution is 2.33. The lowest BCUT2D eigenvalue weighted by atomic mass is 9.93. The summed E-state index contributed by atoms with van der Waals surface area (Å²) in [7, 11) is 0. The predicted octanol–water partition coefficient (Wildman–Crippen LogP) is 2.41. The van der Waals surface area contributed by atoms with E-state index in [1.807, 2.05) is 12.1 Å². The lowest BCUT2D eigenvalue weighted by Gasteiger charge is -2.28. The lowest BCUT2D eigenvalue weighted by molar-refractivity contribution is 0.120. The second-order valence-corrected chi connectivity index (χ2v) is 6.74. The number of fused-ring (bicyclic) bond motifs is 1. The number of benzene rings is 1. The Bertz CT molecular complexity index is 553. The highest BCUT2D eigenvalue weighted by molar-refractivity contribution is 5.80. The van der Waals surface area contributed by atoms with E-state index in [4.69, 9.17) is 9.73 Å². The molecule has 24 heavy (non-hydrogen) atoms. The number of aliphatic imine (C=N–C) groups is 1. The standard InChI is InChI=1S/C19H29N3O2/c1-2-20-19(22-15-7-9-16(23)10-8-15)21-13-14-11-12-24-18-6-4-3-5-17(14)18/h3-6,14-16,23H,2,7-13H2,1H3,(H2,20,21,22). The van der Waals surface area contributed by atoms with E-state index < -0.39 is 0 Å². The number of hydrogen-bond acceptors (Lipinski definition) is 3. The number of nitrogens with one attached hydrogen (secondary N) is 2. The molecule has 1 aliphatic carbocycles. The van der Waals surface area contributed by atoms with Crippen LogP contribution in [0, 0.1) is 0 Å². The summed E-state index contributed by atoms with van der Waals surface area (Å²) >= 11 is 0. The Morgan fingerprint density at radius 3 is 2.79 bits per heavy atom. The molecule has 132 valence electrons. The summed E-state index contributed by atoms with van der Waals surface area (Å²) in [5, 5.41) is 16.5. The molecule has 1 aromatic rings. The number of aliphatic hydroxyl groups excluding tert-OH is 1. The van der Waals surface area contributed by atoms with Gasteiger partial charge in [0.15, 0.2) is 5.96 Å². The minimum atomic E-state index is -0.124. The lowest BCUT2D eigenvalue weighted by Crippen LogP contribution is -2.45. The number of nitrogens with zero attached hydrogens (tertiary/aromatic N) is 1. The van der Waals surface area contributed by atoms with Crippen LogP contribution in [0.15, 0.2) is 29.3 Å². The molecule has 1 atom stereocenters. The maximum atomic E-state index is 9.65. The van der Waals surface area contributed by atoms with Gasteiger partial charge in [-0.05, 0) is 50.7 Å². The molecule has 2 aliphatic rings. The van der Waals surface area contributed by atoms with E-state index in [9.17, 15) is 5.11 Å². The summed E-state index contributed by atoms with van der Waals surface area (Å²) in [6.45, 7) is 4.48. The quantitative estimate of drug-likeness (QED) is 0.585. The molecular formula is C19H29N3O2. The van der Waals surface area contributed by atoms with E-state index in [1.165, 1.54) is 5.56 Å². The van der Waals surface area contributed by atoms with Crippen LogP contribution < -0.4 is 15.4 Å². The number of ether oxygens (including phenoxy) is 1. The van der Waals surface area contributed by atoms with Crippen LogP contribution in [-0.4, -0.2) is 42.9 Å². The topological polar surface area (TPSA) is 65.9 Å².